The average Bonchev–Trinajstić information content (AvgIpc) is 1.59. The number of pyridine rings is 3. The molecule has 0 aliphatic carbocycles. The van der Waals surface area contributed by atoms with Crippen molar-refractivity contribution in [3.63, 3.8) is 0 Å². The number of carbonyl (C=O) groups is 6. The number of amides is 6. The summed E-state index contributed by atoms with van der Waals surface area (Å²) >= 11 is 0. The number of fused-ring (bicyclic) bond motifs is 6. The number of furan rings is 1. The van der Waals surface area contributed by atoms with Crippen LogP contribution in [0.2, 0.25) is 0 Å². The highest BCUT2D eigenvalue weighted by Gasteiger charge is 2.29. The molecule has 127 heavy (non-hydrogen) atoms. The van der Waals surface area contributed by atoms with Crippen LogP contribution in [-0.4, -0.2) is 119 Å². The second-order valence-electron chi connectivity index (χ2n) is 29.4. The van der Waals surface area contributed by atoms with Gasteiger partial charge < -0.3 is 41.6 Å². The number of hydrogen-bond acceptors (Lipinski definition) is 17. The molecule has 1 aliphatic rings. The molecule has 0 bridgehead atoms. The van der Waals surface area contributed by atoms with Crippen LogP contribution in [0.3, 0.4) is 0 Å². The van der Waals surface area contributed by atoms with E-state index in [0.717, 1.165) is 22.3 Å². The third-order valence-electron chi connectivity index (χ3n) is 20.9. The largest absolute Gasteiger partial charge is 0.475 e. The minimum Gasteiger partial charge on any atom is -0.475 e. The molecule has 7 N–H and O–H groups in total. The molecule has 30 nitrogen and oxygen atoms in total. The first-order valence-corrected chi connectivity index (χ1v) is 40.3. The van der Waals surface area contributed by atoms with Crippen LogP contribution < -0.4 is 53.9 Å². The monoisotopic (exact) mass is 1680 g/mol. The van der Waals surface area contributed by atoms with Crippen molar-refractivity contribution in [1.82, 2.24) is 94.7 Å². The molecule has 17 rings (SSSR count). The highest BCUT2D eigenvalue weighted by molar-refractivity contribution is 6.02. The Bertz CT molecular complexity index is 7510. The van der Waals surface area contributed by atoms with Crippen LogP contribution in [0.15, 0.2) is 263 Å². The SMILES string of the molecule is C=C(N[C@@H](C)c1cc2cccc(C#CCNC(=O)[C@@H]3CCC(=O)N3)c2c(=O)n1-c1ccccc1)c1cnn2cccnc12.CC(=O)NCC#Cc1cccc2cc([C@H](C)NC(=O)c3c(C)nn4cccnc34)n(-c3ccccc3)c(=O)c12.[C-]#[N+]c1ccc(C(=O)NCC#Cc2cccc3cc([C@H](C)NC(=O)c4c(C)nn5cccnc45)n(-c4ccccc4)c(=O)c23)o1. The fourth-order valence-electron chi connectivity index (χ4n) is 15.0. The number of carbonyl (C=O) groups excluding carboxylic acids is 6. The summed E-state index contributed by atoms with van der Waals surface area (Å²) in [5.74, 6) is 16.1. The number of nitrogens with zero attached hydrogens (tertiary/aromatic N) is 13. The Hall–Kier alpha value is -17.4. The molecule has 6 amide bonds. The van der Waals surface area contributed by atoms with E-state index < -0.39 is 24.0 Å². The summed E-state index contributed by atoms with van der Waals surface area (Å²) < 4.78 is 14.8. The molecular formula is C97H80N20O10. The summed E-state index contributed by atoms with van der Waals surface area (Å²) in [6, 6.07) is 56.2. The molecule has 1 aliphatic heterocycles. The summed E-state index contributed by atoms with van der Waals surface area (Å²) in [6.07, 6.45) is 12.7. The van der Waals surface area contributed by atoms with E-state index in [1.165, 1.54) is 19.1 Å². The molecule has 0 radical (unpaired) electrons. The van der Waals surface area contributed by atoms with Crippen molar-refractivity contribution in [2.75, 3.05) is 19.6 Å². The zero-order chi connectivity index (χ0) is 88.9. The highest BCUT2D eigenvalue weighted by atomic mass is 16.4. The maximum Gasteiger partial charge on any atom is 0.346 e. The van der Waals surface area contributed by atoms with Gasteiger partial charge in [0.15, 0.2) is 22.7 Å². The lowest BCUT2D eigenvalue weighted by molar-refractivity contribution is -0.125. The van der Waals surface area contributed by atoms with Crippen LogP contribution in [0.5, 0.6) is 0 Å². The van der Waals surface area contributed by atoms with Gasteiger partial charge in [0.2, 0.25) is 17.7 Å². The van der Waals surface area contributed by atoms with Crippen LogP contribution in [-0.2, 0) is 14.4 Å². The van der Waals surface area contributed by atoms with Gasteiger partial charge in [-0.15, -0.1) is 0 Å². The predicted molar refractivity (Wildman–Crippen MR) is 480 cm³/mol. The van der Waals surface area contributed by atoms with Gasteiger partial charge >= 0.3 is 5.88 Å². The molecule has 1 fully saturated rings. The molecule has 628 valence electrons. The lowest BCUT2D eigenvalue weighted by atomic mass is 10.0. The van der Waals surface area contributed by atoms with Crippen LogP contribution in [0.1, 0.15) is 141 Å². The normalized spacial score (nSPS) is 12.7. The minimum atomic E-state index is -0.581. The van der Waals surface area contributed by atoms with E-state index >= 15 is 0 Å². The smallest absolute Gasteiger partial charge is 0.346 e. The van der Waals surface area contributed by atoms with Gasteiger partial charge in [0.05, 0.1) is 83.6 Å². The van der Waals surface area contributed by atoms with Crippen molar-refractivity contribution >= 4 is 96.3 Å². The van der Waals surface area contributed by atoms with Crippen molar-refractivity contribution in [2.24, 2.45) is 0 Å². The fraction of sp³-hybridized carbons (Fsp3) is 0.155. The molecule has 0 spiro atoms. The van der Waals surface area contributed by atoms with Gasteiger partial charge in [-0.1, -0.05) is 133 Å². The Morgan fingerprint density at radius 1 is 0.512 bits per heavy atom. The molecule has 30 heteroatoms. The van der Waals surface area contributed by atoms with E-state index in [2.05, 4.69) is 114 Å². The molecule has 10 aromatic heterocycles. The van der Waals surface area contributed by atoms with Crippen LogP contribution in [0, 0.1) is 55.9 Å². The van der Waals surface area contributed by atoms with Crippen molar-refractivity contribution in [3.05, 3.63) is 354 Å². The van der Waals surface area contributed by atoms with Crippen molar-refractivity contribution in [3.8, 4) is 52.6 Å². The molecular weight excluding hydrogens is 1610 g/mol. The number of aromatic nitrogens is 12. The van der Waals surface area contributed by atoms with Gasteiger partial charge in [-0.2, -0.15) is 20.1 Å². The molecule has 6 aromatic carbocycles. The van der Waals surface area contributed by atoms with Crippen molar-refractivity contribution in [1.29, 1.82) is 0 Å². The molecule has 1 saturated heterocycles. The fourth-order valence-corrected chi connectivity index (χ4v) is 15.0. The first kappa shape index (κ1) is 84.6. The van der Waals surface area contributed by atoms with Crippen molar-refractivity contribution < 1.29 is 33.2 Å². The summed E-state index contributed by atoms with van der Waals surface area (Å²) in [4.78, 5) is 133. The standard InChI is InChI=1S/C34H25N7O4.C33H29N7O3.C30H26N6O3/c1-21(38-33(43)29-22(2)39-40-19-9-18-36-31(29)40)26-20-24-11-7-10-23(30(24)34(44)41(26)25-13-5-4-6-14-25)12-8-17-37-32(42)27-15-16-28(35-3)45-27;1-21(26-20-36-39-18-8-17-34-31(26)39)37-22(2)28-19-24-10-6-9-23(11-7-16-35-32(42)27-14-15-29(41)38-27)30(24)33(43)40(28)25-12-4-3-5-13-25;1-19(33-29(38)26-20(2)34-35-17-9-16-32-28(26)35)25-18-23-11-7-10-22(12-8-15-31-21(3)37)27(23)30(39)36(25)24-13-5-4-6-14-24/h4-7,9-11,13-16,18-21H,17H2,1-2H3,(H,37,42)(H,38,43);3-6,8-10,12-13,17-20,22,27,37H,1,14-16H2,2H3,(H,35,42)(H,38,41);4-7,9-11,13-14,16-19H,15H2,1-3H3,(H,31,37)(H,33,38)/t21-;22-,27-;19-/m000/s1. The van der Waals surface area contributed by atoms with Gasteiger partial charge in [0.25, 0.3) is 34.4 Å². The highest BCUT2D eigenvalue weighted by Crippen LogP contribution is 2.30. The van der Waals surface area contributed by atoms with E-state index in [9.17, 15) is 43.2 Å². The number of hydrogen-bond donors (Lipinski definition) is 7. The Labute approximate surface area is 725 Å². The number of benzene rings is 6. The Morgan fingerprint density at radius 3 is 1.35 bits per heavy atom. The van der Waals surface area contributed by atoms with E-state index in [1.807, 2.05) is 173 Å². The van der Waals surface area contributed by atoms with E-state index in [1.54, 1.807) is 115 Å². The van der Waals surface area contributed by atoms with E-state index in [-0.39, 0.29) is 83.5 Å². The van der Waals surface area contributed by atoms with Crippen LogP contribution >= 0.6 is 0 Å². The second-order valence-corrected chi connectivity index (χ2v) is 29.4. The predicted octanol–water partition coefficient (Wildman–Crippen LogP) is 11.2. The molecule has 16 aromatic rings. The molecule has 0 unspecified atom stereocenters. The number of rotatable bonds is 18. The van der Waals surface area contributed by atoms with Crippen molar-refractivity contribution in [2.45, 2.75) is 78.6 Å². The van der Waals surface area contributed by atoms with E-state index in [4.69, 9.17) is 11.0 Å². The summed E-state index contributed by atoms with van der Waals surface area (Å²) in [7, 11) is 0. The molecule has 0 saturated carbocycles. The number of aryl methyl sites for hydroxylation is 2. The third-order valence-corrected chi connectivity index (χ3v) is 20.9. The second kappa shape index (κ2) is 37.7. The molecule has 11 heterocycles. The minimum absolute atomic E-state index is 0.00484. The quantitative estimate of drug-likeness (QED) is 0.0310. The first-order chi connectivity index (χ1) is 61.6. The number of nitrogens with one attached hydrogen (secondary N) is 7. The summed E-state index contributed by atoms with van der Waals surface area (Å²) in [5.41, 5.74) is 9.57. The van der Waals surface area contributed by atoms with Gasteiger partial charge in [0, 0.05) is 107 Å². The van der Waals surface area contributed by atoms with Crippen LogP contribution in [0.4, 0.5) is 5.88 Å². The zero-order valence-electron chi connectivity index (χ0n) is 69.5. The maximum atomic E-state index is 14.2. The zero-order valence-corrected chi connectivity index (χ0v) is 69.5. The summed E-state index contributed by atoms with van der Waals surface area (Å²) in [6.45, 7) is 22.0. The Balaban J connectivity index is 0.000000147. The van der Waals surface area contributed by atoms with Gasteiger partial charge in [-0.25, -0.2) is 28.5 Å². The van der Waals surface area contributed by atoms with Crippen LogP contribution in [0.25, 0.3) is 76.9 Å². The Kier molecular flexibility index (Phi) is 25.1. The van der Waals surface area contributed by atoms with Gasteiger partial charge in [-0.3, -0.25) is 56.9 Å². The lowest BCUT2D eigenvalue weighted by Gasteiger charge is -2.22. The Morgan fingerprint density at radius 2 is 0.929 bits per heavy atom. The van der Waals surface area contributed by atoms with Gasteiger partial charge in [-0.05, 0) is 160 Å². The third kappa shape index (κ3) is 18.3. The first-order valence-electron chi connectivity index (χ1n) is 40.3. The average molecular weight is 1690 g/mol. The number of para-hydroxylation sites is 3. The topological polar surface area (TPSA) is 361 Å². The lowest BCUT2D eigenvalue weighted by Crippen LogP contribution is -2.41. The summed E-state index contributed by atoms with van der Waals surface area (Å²) in [5, 5.41) is 36.7. The molecule has 4 atom stereocenters. The van der Waals surface area contributed by atoms with E-state index in [0.29, 0.717) is 124 Å². The van der Waals surface area contributed by atoms with Gasteiger partial charge in [0.1, 0.15) is 17.2 Å². The maximum absolute atomic E-state index is 14.2.